The van der Waals surface area contributed by atoms with Crippen LogP contribution in [0.5, 0.6) is 5.75 Å². The van der Waals surface area contributed by atoms with E-state index in [1.165, 1.54) is 6.07 Å². The van der Waals surface area contributed by atoms with Crippen LogP contribution in [0.2, 0.25) is 0 Å². The highest BCUT2D eigenvalue weighted by Crippen LogP contribution is 2.28. The number of benzene rings is 2. The van der Waals surface area contributed by atoms with Crippen LogP contribution in [0.4, 0.5) is 4.39 Å². The molecule has 2 aromatic carbocycles. The van der Waals surface area contributed by atoms with Gasteiger partial charge in [0.05, 0.1) is 5.69 Å². The number of ether oxygens (including phenoxy) is 1. The van der Waals surface area contributed by atoms with Crippen LogP contribution >= 0.6 is 27.3 Å². The highest BCUT2D eigenvalue weighted by atomic mass is 79.9. The quantitative estimate of drug-likeness (QED) is 0.416. The van der Waals surface area contributed by atoms with Gasteiger partial charge in [-0.05, 0) is 42.8 Å². The number of aryl methyl sites for hydroxylation is 1. The van der Waals surface area contributed by atoms with E-state index in [0.29, 0.717) is 10.0 Å². The topological polar surface area (TPSA) is 26.5 Å². The normalized spacial score (nSPS) is 11.2. The Labute approximate surface area is 156 Å². The first kappa shape index (κ1) is 16.3. The number of imidazole rings is 1. The van der Waals surface area contributed by atoms with Crippen LogP contribution in [0.3, 0.4) is 0 Å². The molecule has 0 fully saturated rings. The number of nitrogens with zero attached hydrogens (tertiary/aromatic N) is 2. The monoisotopic (exact) mass is 416 g/mol. The summed E-state index contributed by atoms with van der Waals surface area (Å²) in [4.78, 5) is 5.58. The average Bonchev–Trinajstić information content (AvgIpc) is 3.16. The summed E-state index contributed by atoms with van der Waals surface area (Å²) in [5.74, 6) is 0.466. The number of rotatable bonds is 4. The summed E-state index contributed by atoms with van der Waals surface area (Å²) < 4.78 is 22.4. The SMILES string of the molecule is Cc1cc(-c2cn3ccsc3n2)ccc1OCc1ccc(Br)cc1F. The van der Waals surface area contributed by atoms with Gasteiger partial charge >= 0.3 is 0 Å². The minimum atomic E-state index is -0.276. The number of halogens is 2. The van der Waals surface area contributed by atoms with Crippen molar-refractivity contribution in [1.29, 1.82) is 0 Å². The van der Waals surface area contributed by atoms with Crippen LogP contribution in [0.1, 0.15) is 11.1 Å². The van der Waals surface area contributed by atoms with E-state index < -0.39 is 0 Å². The first-order valence-corrected chi connectivity index (χ1v) is 9.37. The zero-order valence-corrected chi connectivity index (χ0v) is 15.8. The number of thiazole rings is 1. The molecule has 2 aromatic heterocycles. The molecule has 4 aromatic rings. The van der Waals surface area contributed by atoms with Gasteiger partial charge in [0.1, 0.15) is 18.2 Å². The van der Waals surface area contributed by atoms with Crippen LogP contribution < -0.4 is 4.74 Å². The smallest absolute Gasteiger partial charge is 0.194 e. The molecule has 0 radical (unpaired) electrons. The molecule has 126 valence electrons. The van der Waals surface area contributed by atoms with Crippen molar-refractivity contribution in [2.75, 3.05) is 0 Å². The second-order valence-electron chi connectivity index (χ2n) is 5.72. The van der Waals surface area contributed by atoms with Gasteiger partial charge in [0.15, 0.2) is 4.96 Å². The van der Waals surface area contributed by atoms with E-state index in [1.807, 2.05) is 53.4 Å². The van der Waals surface area contributed by atoms with Crippen molar-refractivity contribution in [3.05, 3.63) is 75.6 Å². The summed E-state index contributed by atoms with van der Waals surface area (Å²) >= 11 is 4.86. The molecule has 0 saturated heterocycles. The standard InChI is InChI=1S/C19H14BrFN2OS/c1-12-8-13(17-10-23-6-7-25-19(23)22-17)3-5-18(12)24-11-14-2-4-15(20)9-16(14)21/h2-10H,11H2,1H3. The first-order chi connectivity index (χ1) is 12.1. The summed E-state index contributed by atoms with van der Waals surface area (Å²) in [5.41, 5.74) is 3.49. The number of aromatic nitrogens is 2. The molecule has 4 rings (SSSR count). The van der Waals surface area contributed by atoms with E-state index in [4.69, 9.17) is 4.74 Å². The molecule has 0 unspecified atom stereocenters. The molecule has 0 amide bonds. The second kappa shape index (κ2) is 6.61. The van der Waals surface area contributed by atoms with Crippen LogP contribution in [0.25, 0.3) is 16.2 Å². The Morgan fingerprint density at radius 1 is 1.24 bits per heavy atom. The molecule has 0 aliphatic carbocycles. The maximum absolute atomic E-state index is 13.9. The van der Waals surface area contributed by atoms with Crippen molar-refractivity contribution < 1.29 is 9.13 Å². The highest BCUT2D eigenvalue weighted by molar-refractivity contribution is 9.10. The van der Waals surface area contributed by atoms with Gasteiger partial charge < -0.3 is 4.74 Å². The van der Waals surface area contributed by atoms with Crippen molar-refractivity contribution >= 4 is 32.2 Å². The van der Waals surface area contributed by atoms with Gasteiger partial charge in [-0.25, -0.2) is 9.37 Å². The van der Waals surface area contributed by atoms with Gasteiger partial charge in [-0.3, -0.25) is 4.40 Å². The van der Waals surface area contributed by atoms with Gasteiger partial charge in [-0.15, -0.1) is 11.3 Å². The Morgan fingerprint density at radius 3 is 2.88 bits per heavy atom. The van der Waals surface area contributed by atoms with Gasteiger partial charge in [0.25, 0.3) is 0 Å². The van der Waals surface area contributed by atoms with E-state index in [1.54, 1.807) is 17.4 Å². The molecule has 2 heterocycles. The third-order valence-electron chi connectivity index (χ3n) is 3.96. The van der Waals surface area contributed by atoms with Crippen molar-refractivity contribution in [2.45, 2.75) is 13.5 Å². The van der Waals surface area contributed by atoms with E-state index in [2.05, 4.69) is 20.9 Å². The summed E-state index contributed by atoms with van der Waals surface area (Å²) in [7, 11) is 0. The molecule has 6 heteroatoms. The summed E-state index contributed by atoms with van der Waals surface area (Å²) in [6.45, 7) is 2.18. The molecular formula is C19H14BrFN2OS. The number of hydrogen-bond acceptors (Lipinski definition) is 3. The van der Waals surface area contributed by atoms with Crippen LogP contribution in [-0.2, 0) is 6.61 Å². The molecule has 0 aliphatic rings. The van der Waals surface area contributed by atoms with Crippen LogP contribution in [-0.4, -0.2) is 9.38 Å². The fourth-order valence-electron chi connectivity index (χ4n) is 2.63. The minimum absolute atomic E-state index is 0.194. The zero-order valence-electron chi connectivity index (χ0n) is 13.4. The molecule has 0 saturated carbocycles. The Kier molecular flexibility index (Phi) is 4.31. The lowest BCUT2D eigenvalue weighted by atomic mass is 10.1. The molecule has 0 bridgehead atoms. The van der Waals surface area contributed by atoms with E-state index >= 15 is 0 Å². The van der Waals surface area contributed by atoms with Gasteiger partial charge in [-0.1, -0.05) is 22.0 Å². The predicted octanol–water partition coefficient (Wildman–Crippen LogP) is 5.85. The Balaban J connectivity index is 1.54. The fraction of sp³-hybridized carbons (Fsp3) is 0.105. The molecular weight excluding hydrogens is 403 g/mol. The fourth-order valence-corrected chi connectivity index (χ4v) is 3.66. The second-order valence-corrected chi connectivity index (χ2v) is 7.51. The van der Waals surface area contributed by atoms with E-state index in [0.717, 1.165) is 27.5 Å². The largest absolute Gasteiger partial charge is 0.489 e. The third-order valence-corrected chi connectivity index (χ3v) is 5.23. The van der Waals surface area contributed by atoms with Gasteiger partial charge in [-0.2, -0.15) is 0 Å². The van der Waals surface area contributed by atoms with Crippen molar-refractivity contribution in [3.8, 4) is 17.0 Å². The molecule has 0 N–H and O–H groups in total. The van der Waals surface area contributed by atoms with E-state index in [9.17, 15) is 4.39 Å². The first-order valence-electron chi connectivity index (χ1n) is 7.70. The lowest BCUT2D eigenvalue weighted by molar-refractivity contribution is 0.298. The van der Waals surface area contributed by atoms with Gasteiger partial charge in [0, 0.05) is 33.4 Å². The number of fused-ring (bicyclic) bond motifs is 1. The molecule has 25 heavy (non-hydrogen) atoms. The highest BCUT2D eigenvalue weighted by Gasteiger charge is 2.09. The number of hydrogen-bond donors (Lipinski definition) is 0. The predicted molar refractivity (Wildman–Crippen MR) is 102 cm³/mol. The lowest BCUT2D eigenvalue weighted by Gasteiger charge is -2.11. The maximum Gasteiger partial charge on any atom is 0.194 e. The lowest BCUT2D eigenvalue weighted by Crippen LogP contribution is -2.00. The Hall–Kier alpha value is -2.18. The van der Waals surface area contributed by atoms with Gasteiger partial charge in [0.2, 0.25) is 0 Å². The molecule has 0 atom stereocenters. The van der Waals surface area contributed by atoms with Crippen molar-refractivity contribution in [3.63, 3.8) is 0 Å². The Bertz CT molecular complexity index is 1030. The third kappa shape index (κ3) is 3.32. The summed E-state index contributed by atoms with van der Waals surface area (Å²) in [6, 6.07) is 10.9. The summed E-state index contributed by atoms with van der Waals surface area (Å²) in [5, 5.41) is 2.01. The van der Waals surface area contributed by atoms with Crippen molar-refractivity contribution in [1.82, 2.24) is 9.38 Å². The average molecular weight is 417 g/mol. The van der Waals surface area contributed by atoms with E-state index in [-0.39, 0.29) is 12.4 Å². The van der Waals surface area contributed by atoms with Crippen LogP contribution in [0.15, 0.2) is 58.6 Å². The Morgan fingerprint density at radius 2 is 2.12 bits per heavy atom. The zero-order chi connectivity index (χ0) is 17.4. The van der Waals surface area contributed by atoms with Crippen LogP contribution in [0, 0.1) is 12.7 Å². The molecule has 0 aliphatic heterocycles. The van der Waals surface area contributed by atoms with Crippen molar-refractivity contribution in [2.24, 2.45) is 0 Å². The minimum Gasteiger partial charge on any atom is -0.489 e. The maximum atomic E-state index is 13.9. The summed E-state index contributed by atoms with van der Waals surface area (Å²) in [6.07, 6.45) is 4.01. The molecule has 3 nitrogen and oxygen atoms in total. The molecule has 0 spiro atoms.